The number of rotatable bonds is 3. The van der Waals surface area contributed by atoms with E-state index in [-0.39, 0.29) is 17.3 Å². The van der Waals surface area contributed by atoms with Crippen molar-refractivity contribution in [2.45, 2.75) is 19.9 Å². The lowest BCUT2D eigenvalue weighted by molar-refractivity contribution is 0.466. The van der Waals surface area contributed by atoms with Gasteiger partial charge in [-0.3, -0.25) is 0 Å². The molecule has 0 aromatic carbocycles. The van der Waals surface area contributed by atoms with Gasteiger partial charge in [-0.1, -0.05) is 0 Å². The average Bonchev–Trinajstić information content (AvgIpc) is 2.63. The van der Waals surface area contributed by atoms with E-state index in [0.29, 0.717) is 5.95 Å². The number of aromatic nitrogens is 3. The first-order chi connectivity index (χ1) is 8.04. The summed E-state index contributed by atoms with van der Waals surface area (Å²) in [6.07, 6.45) is 0. The van der Waals surface area contributed by atoms with Crippen LogP contribution < -0.4 is 11.1 Å². The van der Waals surface area contributed by atoms with Crippen LogP contribution in [0, 0.1) is 6.92 Å². The summed E-state index contributed by atoms with van der Waals surface area (Å²) >= 11 is 5.68. The first kappa shape index (κ1) is 11.7. The highest BCUT2D eigenvalue weighted by Gasteiger charge is 2.11. The molecule has 17 heavy (non-hydrogen) atoms. The van der Waals surface area contributed by atoms with Gasteiger partial charge in [0.15, 0.2) is 0 Å². The third-order valence-electron chi connectivity index (χ3n) is 2.16. The van der Waals surface area contributed by atoms with Gasteiger partial charge in [-0.2, -0.15) is 15.0 Å². The Labute approximate surface area is 103 Å². The Balaban J connectivity index is 2.15. The summed E-state index contributed by atoms with van der Waals surface area (Å²) in [4.78, 5) is 11.5. The van der Waals surface area contributed by atoms with E-state index in [4.69, 9.17) is 21.8 Å². The molecule has 2 rings (SSSR count). The van der Waals surface area contributed by atoms with Gasteiger partial charge in [-0.25, -0.2) is 0 Å². The molecule has 2 aromatic rings. The fourth-order valence-corrected chi connectivity index (χ4v) is 1.55. The smallest absolute Gasteiger partial charge is 0.229 e. The predicted molar refractivity (Wildman–Crippen MR) is 64.7 cm³/mol. The summed E-state index contributed by atoms with van der Waals surface area (Å²) in [6.45, 7) is 3.81. The molecular formula is C10H12ClN5O. The number of nitrogens with two attached hydrogens (primary N) is 1. The first-order valence-corrected chi connectivity index (χ1v) is 5.42. The minimum Gasteiger partial charge on any atom is -0.464 e. The Morgan fingerprint density at radius 3 is 2.71 bits per heavy atom. The molecule has 0 fully saturated rings. The van der Waals surface area contributed by atoms with Crippen molar-refractivity contribution in [3.05, 3.63) is 28.9 Å². The molecule has 0 radical (unpaired) electrons. The summed E-state index contributed by atoms with van der Waals surface area (Å²) in [5, 5.41) is 3.09. The van der Waals surface area contributed by atoms with Crippen LogP contribution in [0.25, 0.3) is 0 Å². The highest BCUT2D eigenvalue weighted by Crippen LogP contribution is 2.19. The van der Waals surface area contributed by atoms with Gasteiger partial charge < -0.3 is 15.5 Å². The topological polar surface area (TPSA) is 89.9 Å². The number of anilines is 2. The van der Waals surface area contributed by atoms with Crippen LogP contribution in [0.15, 0.2) is 16.5 Å². The maximum absolute atomic E-state index is 5.68. The molecule has 0 amide bonds. The minimum atomic E-state index is -0.0819. The van der Waals surface area contributed by atoms with E-state index in [1.54, 1.807) is 0 Å². The van der Waals surface area contributed by atoms with Crippen molar-refractivity contribution in [1.29, 1.82) is 0 Å². The number of aryl methyl sites for hydroxylation is 1. The Kier molecular flexibility index (Phi) is 3.14. The van der Waals surface area contributed by atoms with Crippen molar-refractivity contribution in [1.82, 2.24) is 15.0 Å². The highest BCUT2D eigenvalue weighted by atomic mass is 35.5. The Morgan fingerprint density at radius 2 is 2.12 bits per heavy atom. The van der Waals surface area contributed by atoms with E-state index in [1.807, 2.05) is 26.0 Å². The zero-order valence-corrected chi connectivity index (χ0v) is 10.2. The van der Waals surface area contributed by atoms with Crippen LogP contribution in [0.5, 0.6) is 0 Å². The van der Waals surface area contributed by atoms with Gasteiger partial charge in [0, 0.05) is 0 Å². The third kappa shape index (κ3) is 2.85. The van der Waals surface area contributed by atoms with Crippen LogP contribution in [0.2, 0.25) is 5.28 Å². The molecule has 1 atom stereocenters. The van der Waals surface area contributed by atoms with Gasteiger partial charge in [-0.05, 0) is 37.6 Å². The maximum atomic E-state index is 5.68. The van der Waals surface area contributed by atoms with E-state index in [2.05, 4.69) is 20.3 Å². The lowest BCUT2D eigenvalue weighted by Crippen LogP contribution is -2.10. The predicted octanol–water partition coefficient (Wildman–Crippen LogP) is 2.18. The van der Waals surface area contributed by atoms with Crippen LogP contribution in [0.4, 0.5) is 11.9 Å². The van der Waals surface area contributed by atoms with Crippen molar-refractivity contribution in [2.75, 3.05) is 11.1 Å². The molecule has 1 unspecified atom stereocenters. The van der Waals surface area contributed by atoms with Gasteiger partial charge in [0.25, 0.3) is 0 Å². The minimum absolute atomic E-state index is 0.0582. The summed E-state index contributed by atoms with van der Waals surface area (Å²) in [5.74, 6) is 2.04. The second-order valence-corrected chi connectivity index (χ2v) is 3.94. The molecule has 0 aliphatic rings. The number of hydrogen-bond donors (Lipinski definition) is 2. The lowest BCUT2D eigenvalue weighted by Gasteiger charge is -2.11. The van der Waals surface area contributed by atoms with Crippen LogP contribution in [0.1, 0.15) is 24.5 Å². The van der Waals surface area contributed by atoms with E-state index in [0.717, 1.165) is 11.5 Å². The van der Waals surface area contributed by atoms with E-state index in [9.17, 15) is 0 Å². The molecule has 7 heteroatoms. The van der Waals surface area contributed by atoms with Gasteiger partial charge in [0.2, 0.25) is 17.2 Å². The quantitative estimate of drug-likeness (QED) is 0.871. The van der Waals surface area contributed by atoms with Gasteiger partial charge in [0.1, 0.15) is 11.5 Å². The fraction of sp³-hybridized carbons (Fsp3) is 0.300. The fourth-order valence-electron chi connectivity index (χ4n) is 1.38. The van der Waals surface area contributed by atoms with Crippen LogP contribution in [-0.2, 0) is 0 Å². The van der Waals surface area contributed by atoms with Crippen molar-refractivity contribution in [3.8, 4) is 0 Å². The average molecular weight is 254 g/mol. The number of halogens is 1. The molecule has 0 spiro atoms. The van der Waals surface area contributed by atoms with E-state index >= 15 is 0 Å². The largest absolute Gasteiger partial charge is 0.464 e. The third-order valence-corrected chi connectivity index (χ3v) is 2.33. The molecule has 0 aliphatic carbocycles. The Hall–Kier alpha value is -1.82. The molecule has 2 heterocycles. The molecule has 6 nitrogen and oxygen atoms in total. The Bertz CT molecular complexity index is 507. The number of hydrogen-bond acceptors (Lipinski definition) is 6. The normalized spacial score (nSPS) is 12.4. The second-order valence-electron chi connectivity index (χ2n) is 3.60. The van der Waals surface area contributed by atoms with Gasteiger partial charge in [0.05, 0.1) is 6.04 Å². The highest BCUT2D eigenvalue weighted by molar-refractivity contribution is 6.28. The second kappa shape index (κ2) is 4.58. The standard InChI is InChI=1S/C10H12ClN5O/c1-5-3-4-7(17-5)6(2)13-10-15-8(11)14-9(12)16-10/h3-4,6H,1-2H3,(H3,12,13,14,15,16). The number of furan rings is 1. The summed E-state index contributed by atoms with van der Waals surface area (Å²) in [5.41, 5.74) is 5.47. The molecule has 2 aromatic heterocycles. The first-order valence-electron chi connectivity index (χ1n) is 5.04. The number of nitrogen functional groups attached to an aromatic ring is 1. The zero-order chi connectivity index (χ0) is 12.4. The molecule has 3 N–H and O–H groups in total. The van der Waals surface area contributed by atoms with E-state index in [1.165, 1.54) is 0 Å². The van der Waals surface area contributed by atoms with Crippen molar-refractivity contribution in [2.24, 2.45) is 0 Å². The molecule has 0 bridgehead atoms. The van der Waals surface area contributed by atoms with Crippen LogP contribution in [0.3, 0.4) is 0 Å². The Morgan fingerprint density at radius 1 is 1.35 bits per heavy atom. The van der Waals surface area contributed by atoms with Gasteiger partial charge >= 0.3 is 0 Å². The maximum Gasteiger partial charge on any atom is 0.229 e. The lowest BCUT2D eigenvalue weighted by atomic mass is 10.2. The van der Waals surface area contributed by atoms with E-state index < -0.39 is 0 Å². The molecule has 0 aliphatic heterocycles. The van der Waals surface area contributed by atoms with Gasteiger partial charge in [-0.15, -0.1) is 0 Å². The van der Waals surface area contributed by atoms with Crippen molar-refractivity contribution < 1.29 is 4.42 Å². The zero-order valence-electron chi connectivity index (χ0n) is 9.44. The number of nitrogens with one attached hydrogen (secondary N) is 1. The van der Waals surface area contributed by atoms with Crippen molar-refractivity contribution in [3.63, 3.8) is 0 Å². The van der Waals surface area contributed by atoms with Crippen LogP contribution in [-0.4, -0.2) is 15.0 Å². The monoisotopic (exact) mass is 253 g/mol. The molecule has 90 valence electrons. The summed E-state index contributed by atoms with van der Waals surface area (Å²) in [7, 11) is 0. The SMILES string of the molecule is Cc1ccc(C(C)Nc2nc(N)nc(Cl)n2)o1. The molecule has 0 saturated carbocycles. The summed E-state index contributed by atoms with van der Waals surface area (Å²) < 4.78 is 5.48. The summed E-state index contributed by atoms with van der Waals surface area (Å²) in [6, 6.07) is 3.70. The van der Waals surface area contributed by atoms with Crippen LogP contribution >= 0.6 is 11.6 Å². The van der Waals surface area contributed by atoms with Crippen molar-refractivity contribution >= 4 is 23.5 Å². The number of nitrogens with zero attached hydrogens (tertiary/aromatic N) is 3. The molecular weight excluding hydrogens is 242 g/mol. The molecule has 0 saturated heterocycles.